The van der Waals surface area contributed by atoms with Gasteiger partial charge in [0.2, 0.25) is 0 Å². The normalized spacial score (nSPS) is 30.9. The summed E-state index contributed by atoms with van der Waals surface area (Å²) in [7, 11) is 0. The Morgan fingerprint density at radius 3 is 3.00 bits per heavy atom. The topological polar surface area (TPSA) is 46.5 Å². The van der Waals surface area contributed by atoms with E-state index in [9.17, 15) is 4.79 Å². The van der Waals surface area contributed by atoms with Crippen molar-refractivity contribution in [1.82, 2.24) is 0 Å². The van der Waals surface area contributed by atoms with Crippen LogP contribution in [0, 0.1) is 0 Å². The van der Waals surface area contributed by atoms with Gasteiger partial charge in [-0.3, -0.25) is 4.79 Å². The van der Waals surface area contributed by atoms with Gasteiger partial charge in [-0.05, 0) is 19.3 Å². The molecule has 1 aliphatic carbocycles. The summed E-state index contributed by atoms with van der Waals surface area (Å²) in [6.07, 6.45) is 2.92. The Bertz CT molecular complexity index is 280. The highest BCUT2D eigenvalue weighted by molar-refractivity contribution is 7.81. The fourth-order valence-electron chi connectivity index (χ4n) is 1.82. The summed E-state index contributed by atoms with van der Waals surface area (Å²) < 4.78 is 5.29. The molecule has 0 aromatic heterocycles. The summed E-state index contributed by atoms with van der Waals surface area (Å²) in [4.78, 5) is 10.6. The fraction of sp³-hybridized carbons (Fsp3) is 0.727. The number of carbonyl (C=O) groups excluding carboxylic acids is 1. The maximum Gasteiger partial charge on any atom is 0.309 e. The van der Waals surface area contributed by atoms with Crippen LogP contribution in [0.3, 0.4) is 0 Å². The fourth-order valence-corrected chi connectivity index (χ4v) is 2.66. The highest BCUT2D eigenvalue weighted by Crippen LogP contribution is 2.37. The molecule has 0 radical (unpaired) electrons. The first-order valence-corrected chi connectivity index (χ1v) is 6.31. The van der Waals surface area contributed by atoms with Gasteiger partial charge in [-0.2, -0.15) is 12.6 Å². The minimum atomic E-state index is -0.777. The Morgan fingerprint density at radius 2 is 2.38 bits per heavy atom. The molecule has 16 heavy (non-hydrogen) atoms. The molecule has 3 nitrogen and oxygen atoms in total. The molecule has 0 aromatic rings. The van der Waals surface area contributed by atoms with Crippen molar-refractivity contribution in [3.63, 3.8) is 0 Å². The van der Waals surface area contributed by atoms with Crippen LogP contribution in [-0.2, 0) is 9.53 Å². The Labute approximate surface area is 107 Å². The summed E-state index contributed by atoms with van der Waals surface area (Å²) in [5, 5.41) is 8.91. The third-order valence-corrected chi connectivity index (χ3v) is 3.45. The summed E-state index contributed by atoms with van der Waals surface area (Å²) in [5.74, 6) is -0.414. The SMILES string of the molecule is C=C1CC(S)CCC(S)(OC(=O)CCO)C1. The molecule has 0 heterocycles. The molecule has 5 heteroatoms. The maximum atomic E-state index is 11.3. The molecule has 1 N–H and O–H groups in total. The van der Waals surface area contributed by atoms with Crippen LogP contribution in [0.2, 0.25) is 0 Å². The number of hydrogen-bond acceptors (Lipinski definition) is 5. The minimum absolute atomic E-state index is 0.0130. The molecular weight excluding hydrogens is 244 g/mol. The number of hydrogen-bond donors (Lipinski definition) is 3. The zero-order valence-corrected chi connectivity index (χ0v) is 11.0. The lowest BCUT2D eigenvalue weighted by molar-refractivity contribution is -0.152. The van der Waals surface area contributed by atoms with Crippen molar-refractivity contribution < 1.29 is 14.6 Å². The van der Waals surface area contributed by atoms with Crippen LogP contribution >= 0.6 is 25.3 Å². The van der Waals surface area contributed by atoms with Crippen LogP contribution in [0.5, 0.6) is 0 Å². The third kappa shape index (κ3) is 4.39. The summed E-state index contributed by atoms with van der Waals surface area (Å²) in [5.41, 5.74) is 1.00. The largest absolute Gasteiger partial charge is 0.448 e. The summed E-state index contributed by atoms with van der Waals surface area (Å²) in [6, 6.07) is 0. The molecule has 0 amide bonds. The maximum absolute atomic E-state index is 11.3. The second kappa shape index (κ2) is 5.98. The van der Waals surface area contributed by atoms with E-state index in [1.165, 1.54) is 0 Å². The number of rotatable bonds is 3. The van der Waals surface area contributed by atoms with Gasteiger partial charge in [0, 0.05) is 11.7 Å². The Hall–Kier alpha value is -0.130. The predicted molar refractivity (Wildman–Crippen MR) is 69.9 cm³/mol. The number of carbonyl (C=O) groups is 1. The lowest BCUT2D eigenvalue weighted by atomic mass is 10.1. The number of esters is 1. The molecule has 1 saturated carbocycles. The van der Waals surface area contributed by atoms with Crippen LogP contribution in [0.1, 0.15) is 32.1 Å². The lowest BCUT2D eigenvalue weighted by Gasteiger charge is -2.27. The van der Waals surface area contributed by atoms with Gasteiger partial charge in [0.05, 0.1) is 13.0 Å². The second-order valence-corrected chi connectivity index (χ2v) is 5.76. The van der Waals surface area contributed by atoms with Crippen LogP contribution in [-0.4, -0.2) is 27.9 Å². The second-order valence-electron chi connectivity index (χ2n) is 4.22. The molecular formula is C11H18O3S2. The van der Waals surface area contributed by atoms with Crippen molar-refractivity contribution in [2.24, 2.45) is 0 Å². The minimum Gasteiger partial charge on any atom is -0.448 e. The van der Waals surface area contributed by atoms with Gasteiger partial charge < -0.3 is 9.84 Å². The quantitative estimate of drug-likeness (QED) is 0.240. The van der Waals surface area contributed by atoms with E-state index >= 15 is 0 Å². The van der Waals surface area contributed by atoms with Gasteiger partial charge >= 0.3 is 5.97 Å². The number of thiol groups is 2. The first kappa shape index (κ1) is 13.9. The van der Waals surface area contributed by atoms with Gasteiger partial charge in [0.25, 0.3) is 0 Å². The molecule has 1 fully saturated rings. The van der Waals surface area contributed by atoms with Crippen molar-refractivity contribution in [2.45, 2.75) is 42.3 Å². The number of aliphatic hydroxyl groups is 1. The van der Waals surface area contributed by atoms with Gasteiger partial charge in [-0.25, -0.2) is 0 Å². The molecule has 2 unspecified atom stereocenters. The lowest BCUT2D eigenvalue weighted by Crippen LogP contribution is -2.29. The summed E-state index contributed by atoms with van der Waals surface area (Å²) in [6.45, 7) is 3.74. The van der Waals surface area contributed by atoms with Crippen LogP contribution < -0.4 is 0 Å². The van der Waals surface area contributed by atoms with Crippen molar-refractivity contribution in [1.29, 1.82) is 0 Å². The molecule has 0 aromatic carbocycles. The predicted octanol–water partition coefficient (Wildman–Crippen LogP) is 1.97. The van der Waals surface area contributed by atoms with E-state index in [2.05, 4.69) is 31.8 Å². The zero-order chi connectivity index (χ0) is 12.2. The standard InChI is InChI=1S/C11H18O3S2/c1-8-6-9(15)2-4-11(16,7-8)14-10(13)3-5-12/h9,12,15-16H,1-7H2. The Balaban J connectivity index is 2.60. The molecule has 92 valence electrons. The Morgan fingerprint density at radius 1 is 1.69 bits per heavy atom. The number of aliphatic hydroxyl groups excluding tert-OH is 1. The summed E-state index contributed by atoms with van der Waals surface area (Å²) >= 11 is 8.86. The first-order valence-electron chi connectivity index (χ1n) is 5.35. The van der Waals surface area contributed by atoms with Crippen molar-refractivity contribution >= 4 is 31.2 Å². The molecule has 2 atom stereocenters. The first-order chi connectivity index (χ1) is 7.45. The molecule has 0 spiro atoms. The monoisotopic (exact) mass is 262 g/mol. The molecule has 1 rings (SSSR count). The smallest absolute Gasteiger partial charge is 0.309 e. The van der Waals surface area contributed by atoms with Crippen molar-refractivity contribution in [3.05, 3.63) is 12.2 Å². The molecule has 0 aliphatic heterocycles. The zero-order valence-electron chi connectivity index (χ0n) is 9.19. The van der Waals surface area contributed by atoms with E-state index < -0.39 is 10.9 Å². The van der Waals surface area contributed by atoms with E-state index in [1.54, 1.807) is 0 Å². The van der Waals surface area contributed by atoms with Gasteiger partial charge in [-0.1, -0.05) is 12.2 Å². The molecule has 0 bridgehead atoms. The molecule has 0 saturated heterocycles. The van der Waals surface area contributed by atoms with Gasteiger partial charge in [0.15, 0.2) is 4.93 Å². The Kier molecular flexibility index (Phi) is 5.21. The average molecular weight is 262 g/mol. The van der Waals surface area contributed by atoms with Crippen molar-refractivity contribution in [3.8, 4) is 0 Å². The van der Waals surface area contributed by atoms with E-state index in [4.69, 9.17) is 9.84 Å². The number of ether oxygens (including phenoxy) is 1. The highest BCUT2D eigenvalue weighted by atomic mass is 32.1. The van der Waals surface area contributed by atoms with Crippen LogP contribution in [0.15, 0.2) is 12.2 Å². The van der Waals surface area contributed by atoms with E-state index in [1.807, 2.05) is 0 Å². The van der Waals surface area contributed by atoms with Gasteiger partial charge in [-0.15, -0.1) is 12.6 Å². The van der Waals surface area contributed by atoms with Crippen LogP contribution in [0.25, 0.3) is 0 Å². The average Bonchev–Trinajstić information content (AvgIpc) is 2.25. The van der Waals surface area contributed by atoms with E-state index in [0.29, 0.717) is 12.8 Å². The van der Waals surface area contributed by atoms with Gasteiger partial charge in [0.1, 0.15) is 0 Å². The van der Waals surface area contributed by atoms with E-state index in [-0.39, 0.29) is 18.3 Å². The highest BCUT2D eigenvalue weighted by Gasteiger charge is 2.33. The van der Waals surface area contributed by atoms with Crippen molar-refractivity contribution in [2.75, 3.05) is 6.61 Å². The molecule has 1 aliphatic rings. The third-order valence-electron chi connectivity index (χ3n) is 2.54. The van der Waals surface area contributed by atoms with Crippen LogP contribution in [0.4, 0.5) is 0 Å². The van der Waals surface area contributed by atoms with E-state index in [0.717, 1.165) is 18.4 Å².